The monoisotopic (exact) mass is 275 g/mol. The molecular formula is C15H21N3O2. The van der Waals surface area contributed by atoms with Gasteiger partial charge in [-0.25, -0.2) is 0 Å². The molecule has 2 aromatic rings. The third kappa shape index (κ3) is 4.59. The fourth-order valence-corrected chi connectivity index (χ4v) is 1.89. The van der Waals surface area contributed by atoms with Crippen LogP contribution < -0.4 is 10.5 Å². The van der Waals surface area contributed by atoms with E-state index in [0.717, 1.165) is 31.7 Å². The van der Waals surface area contributed by atoms with E-state index in [4.69, 9.17) is 15.2 Å². The lowest BCUT2D eigenvalue weighted by Gasteiger charge is -2.07. The van der Waals surface area contributed by atoms with Gasteiger partial charge in [0.05, 0.1) is 13.2 Å². The van der Waals surface area contributed by atoms with Crippen molar-refractivity contribution in [1.29, 1.82) is 0 Å². The molecule has 1 aromatic carbocycles. The summed E-state index contributed by atoms with van der Waals surface area (Å²) in [5.41, 5.74) is 6.81. The molecule has 20 heavy (non-hydrogen) atoms. The molecule has 0 aliphatic rings. The van der Waals surface area contributed by atoms with Crippen molar-refractivity contribution in [3.05, 3.63) is 42.1 Å². The number of anilines is 1. The van der Waals surface area contributed by atoms with Crippen molar-refractivity contribution in [2.45, 2.75) is 19.4 Å². The fraction of sp³-hybridized carbons (Fsp3) is 0.400. The molecule has 0 atom stereocenters. The summed E-state index contributed by atoms with van der Waals surface area (Å²) in [6.45, 7) is 2.22. The van der Waals surface area contributed by atoms with E-state index in [-0.39, 0.29) is 0 Å². The largest absolute Gasteiger partial charge is 0.494 e. The summed E-state index contributed by atoms with van der Waals surface area (Å²) in [5, 5.41) is 4.12. The highest BCUT2D eigenvalue weighted by Gasteiger charge is 1.98. The SMILES string of the molecule is COCCc1ccc(OCCCn2ccc(N)n2)cc1. The number of nitrogen functional groups attached to an aromatic ring is 1. The maximum absolute atomic E-state index is 5.69. The van der Waals surface area contributed by atoms with Crippen LogP contribution in [0.3, 0.4) is 0 Å². The molecule has 2 N–H and O–H groups in total. The number of aromatic nitrogens is 2. The van der Waals surface area contributed by atoms with Gasteiger partial charge in [-0.3, -0.25) is 4.68 Å². The van der Waals surface area contributed by atoms with Crippen molar-refractivity contribution in [3.8, 4) is 5.75 Å². The number of ether oxygens (including phenoxy) is 2. The van der Waals surface area contributed by atoms with Crippen molar-refractivity contribution in [2.24, 2.45) is 0 Å². The lowest BCUT2D eigenvalue weighted by atomic mass is 10.1. The van der Waals surface area contributed by atoms with Crippen LogP contribution in [0.25, 0.3) is 0 Å². The highest BCUT2D eigenvalue weighted by molar-refractivity contribution is 5.27. The van der Waals surface area contributed by atoms with Gasteiger partial charge in [0, 0.05) is 26.3 Å². The van der Waals surface area contributed by atoms with Gasteiger partial charge in [-0.05, 0) is 30.2 Å². The molecule has 0 bridgehead atoms. The minimum Gasteiger partial charge on any atom is -0.494 e. The summed E-state index contributed by atoms with van der Waals surface area (Å²) in [6, 6.07) is 9.93. The van der Waals surface area contributed by atoms with Crippen LogP contribution in [0, 0.1) is 0 Å². The summed E-state index contributed by atoms with van der Waals surface area (Å²) in [7, 11) is 1.71. The molecule has 0 radical (unpaired) electrons. The molecule has 0 unspecified atom stereocenters. The van der Waals surface area contributed by atoms with Gasteiger partial charge in [-0.15, -0.1) is 0 Å². The predicted molar refractivity (Wildman–Crippen MR) is 78.8 cm³/mol. The van der Waals surface area contributed by atoms with Crippen LogP contribution in [0.2, 0.25) is 0 Å². The Kier molecular flexibility index (Phi) is 5.43. The van der Waals surface area contributed by atoms with Gasteiger partial charge < -0.3 is 15.2 Å². The number of nitrogens with zero attached hydrogens (tertiary/aromatic N) is 2. The molecule has 0 spiro atoms. The summed E-state index contributed by atoms with van der Waals surface area (Å²) in [4.78, 5) is 0. The number of benzene rings is 1. The average molecular weight is 275 g/mol. The summed E-state index contributed by atoms with van der Waals surface area (Å²) in [5.74, 6) is 1.45. The number of hydrogen-bond acceptors (Lipinski definition) is 4. The van der Waals surface area contributed by atoms with Crippen LogP contribution in [0.4, 0.5) is 5.82 Å². The predicted octanol–water partition coefficient (Wildman–Crippen LogP) is 2.12. The first-order valence-electron chi connectivity index (χ1n) is 6.77. The van der Waals surface area contributed by atoms with Crippen LogP contribution in [0.1, 0.15) is 12.0 Å². The Labute approximate surface area is 119 Å². The zero-order chi connectivity index (χ0) is 14.2. The Bertz CT molecular complexity index is 508. The van der Waals surface area contributed by atoms with Gasteiger partial charge in [-0.1, -0.05) is 12.1 Å². The second-order valence-electron chi connectivity index (χ2n) is 4.59. The molecule has 1 aromatic heterocycles. The summed E-state index contributed by atoms with van der Waals surface area (Å²) >= 11 is 0. The Morgan fingerprint density at radius 2 is 1.95 bits per heavy atom. The lowest BCUT2D eigenvalue weighted by Crippen LogP contribution is -2.05. The summed E-state index contributed by atoms with van der Waals surface area (Å²) in [6.07, 6.45) is 3.70. The van der Waals surface area contributed by atoms with E-state index >= 15 is 0 Å². The number of rotatable bonds is 8. The fourth-order valence-electron chi connectivity index (χ4n) is 1.89. The van der Waals surface area contributed by atoms with E-state index < -0.39 is 0 Å². The van der Waals surface area contributed by atoms with E-state index in [1.807, 2.05) is 23.0 Å². The highest BCUT2D eigenvalue weighted by atomic mass is 16.5. The van der Waals surface area contributed by atoms with Crippen molar-refractivity contribution in [2.75, 3.05) is 26.1 Å². The lowest BCUT2D eigenvalue weighted by molar-refractivity contribution is 0.202. The maximum atomic E-state index is 5.69. The smallest absolute Gasteiger partial charge is 0.145 e. The van der Waals surface area contributed by atoms with E-state index in [2.05, 4.69) is 17.2 Å². The molecule has 0 saturated heterocycles. The van der Waals surface area contributed by atoms with Crippen LogP contribution in [-0.4, -0.2) is 30.1 Å². The molecule has 0 fully saturated rings. The van der Waals surface area contributed by atoms with Crippen LogP contribution in [0.15, 0.2) is 36.5 Å². The van der Waals surface area contributed by atoms with Crippen LogP contribution in [0.5, 0.6) is 5.75 Å². The topological polar surface area (TPSA) is 62.3 Å². The Hall–Kier alpha value is -2.01. The van der Waals surface area contributed by atoms with Gasteiger partial charge in [0.25, 0.3) is 0 Å². The van der Waals surface area contributed by atoms with E-state index in [0.29, 0.717) is 12.4 Å². The molecular weight excluding hydrogens is 254 g/mol. The van der Waals surface area contributed by atoms with Crippen molar-refractivity contribution in [1.82, 2.24) is 9.78 Å². The second-order valence-corrected chi connectivity index (χ2v) is 4.59. The van der Waals surface area contributed by atoms with E-state index in [9.17, 15) is 0 Å². The molecule has 5 heteroatoms. The first kappa shape index (κ1) is 14.4. The van der Waals surface area contributed by atoms with E-state index in [1.165, 1.54) is 5.56 Å². The minimum absolute atomic E-state index is 0.553. The number of methoxy groups -OCH3 is 1. The highest BCUT2D eigenvalue weighted by Crippen LogP contribution is 2.13. The number of nitrogens with two attached hydrogens (primary N) is 1. The molecule has 1 heterocycles. The Morgan fingerprint density at radius 1 is 1.15 bits per heavy atom. The summed E-state index contributed by atoms with van der Waals surface area (Å²) < 4.78 is 12.6. The van der Waals surface area contributed by atoms with Gasteiger partial charge in [0.15, 0.2) is 0 Å². The first-order chi connectivity index (χ1) is 9.78. The number of aryl methyl sites for hydroxylation is 1. The Morgan fingerprint density at radius 3 is 2.60 bits per heavy atom. The minimum atomic E-state index is 0.553. The van der Waals surface area contributed by atoms with Crippen LogP contribution in [-0.2, 0) is 17.7 Å². The molecule has 0 aliphatic heterocycles. The molecule has 0 amide bonds. The third-order valence-electron chi connectivity index (χ3n) is 2.98. The zero-order valence-corrected chi connectivity index (χ0v) is 11.8. The first-order valence-corrected chi connectivity index (χ1v) is 6.77. The quantitative estimate of drug-likeness (QED) is 0.750. The van der Waals surface area contributed by atoms with Crippen molar-refractivity contribution < 1.29 is 9.47 Å². The zero-order valence-electron chi connectivity index (χ0n) is 11.8. The molecule has 108 valence electrons. The molecule has 0 aliphatic carbocycles. The van der Waals surface area contributed by atoms with Crippen LogP contribution >= 0.6 is 0 Å². The Balaban J connectivity index is 1.68. The van der Waals surface area contributed by atoms with Gasteiger partial charge in [0.2, 0.25) is 0 Å². The molecule has 2 rings (SSSR count). The third-order valence-corrected chi connectivity index (χ3v) is 2.98. The van der Waals surface area contributed by atoms with Crippen molar-refractivity contribution in [3.63, 3.8) is 0 Å². The second kappa shape index (κ2) is 7.55. The molecule has 0 saturated carbocycles. The standard InChI is InChI=1S/C15H21N3O2/c1-19-12-8-13-3-5-14(6-4-13)20-11-2-9-18-10-7-15(16)17-18/h3-7,10H,2,8-9,11-12H2,1H3,(H2,16,17). The number of hydrogen-bond donors (Lipinski definition) is 1. The van der Waals surface area contributed by atoms with E-state index in [1.54, 1.807) is 13.2 Å². The average Bonchev–Trinajstić information content (AvgIpc) is 2.88. The molecule has 5 nitrogen and oxygen atoms in total. The van der Waals surface area contributed by atoms with Gasteiger partial charge >= 0.3 is 0 Å². The van der Waals surface area contributed by atoms with Gasteiger partial charge in [-0.2, -0.15) is 5.10 Å². The van der Waals surface area contributed by atoms with Gasteiger partial charge in [0.1, 0.15) is 11.6 Å². The normalized spacial score (nSPS) is 10.7. The maximum Gasteiger partial charge on any atom is 0.145 e. The van der Waals surface area contributed by atoms with Crippen molar-refractivity contribution >= 4 is 5.82 Å².